The minimum Gasteiger partial charge on any atom is -0.383 e. The van der Waals surface area contributed by atoms with Gasteiger partial charge < -0.3 is 10.5 Å². The van der Waals surface area contributed by atoms with Crippen LogP contribution >= 0.6 is 23.1 Å². The van der Waals surface area contributed by atoms with Crippen molar-refractivity contribution in [1.82, 2.24) is 19.4 Å². The molecule has 18 heavy (non-hydrogen) atoms. The first-order valence-electron chi connectivity index (χ1n) is 5.39. The predicted octanol–water partition coefficient (Wildman–Crippen LogP) is 1.39. The maximum Gasteiger partial charge on any atom is 0.0867 e. The summed E-state index contributed by atoms with van der Waals surface area (Å²) in [6.07, 6.45) is 1.59. The van der Waals surface area contributed by atoms with E-state index in [0.717, 1.165) is 16.3 Å². The SMILES string of the molecule is COCCn1ncc(Cl)c1C(N)c1snnc1C. The van der Waals surface area contributed by atoms with Gasteiger partial charge in [-0.3, -0.25) is 4.68 Å². The van der Waals surface area contributed by atoms with E-state index >= 15 is 0 Å². The van der Waals surface area contributed by atoms with Gasteiger partial charge in [0.2, 0.25) is 0 Å². The first-order chi connectivity index (χ1) is 8.65. The molecule has 0 radical (unpaired) electrons. The summed E-state index contributed by atoms with van der Waals surface area (Å²) in [6.45, 7) is 3.04. The van der Waals surface area contributed by atoms with Crippen molar-refractivity contribution in [2.45, 2.75) is 19.5 Å². The second kappa shape index (κ2) is 5.75. The molecule has 0 spiro atoms. The Bertz CT molecular complexity index is 526. The van der Waals surface area contributed by atoms with Gasteiger partial charge in [0, 0.05) is 7.11 Å². The van der Waals surface area contributed by atoms with Gasteiger partial charge in [0.25, 0.3) is 0 Å². The average Bonchev–Trinajstić information content (AvgIpc) is 2.92. The number of halogens is 1. The van der Waals surface area contributed by atoms with Gasteiger partial charge in [-0.1, -0.05) is 16.1 Å². The fourth-order valence-corrected chi connectivity index (χ4v) is 2.59. The van der Waals surface area contributed by atoms with E-state index in [0.29, 0.717) is 18.2 Å². The number of hydrogen-bond donors (Lipinski definition) is 1. The van der Waals surface area contributed by atoms with Crippen molar-refractivity contribution >= 4 is 23.1 Å². The number of aryl methyl sites for hydroxylation is 1. The molecule has 0 bridgehead atoms. The predicted molar refractivity (Wildman–Crippen MR) is 69.8 cm³/mol. The maximum atomic E-state index is 6.22. The summed E-state index contributed by atoms with van der Waals surface area (Å²) in [7, 11) is 1.64. The zero-order valence-electron chi connectivity index (χ0n) is 10.1. The molecule has 1 atom stereocenters. The second-order valence-electron chi connectivity index (χ2n) is 3.79. The number of ether oxygens (including phenoxy) is 1. The molecular weight excluding hydrogens is 274 g/mol. The topological polar surface area (TPSA) is 78.9 Å². The third-order valence-corrected chi connectivity index (χ3v) is 3.80. The summed E-state index contributed by atoms with van der Waals surface area (Å²) in [5.74, 6) is 0. The van der Waals surface area contributed by atoms with Gasteiger partial charge in [-0.15, -0.1) is 5.10 Å². The van der Waals surface area contributed by atoms with Gasteiger partial charge in [0.15, 0.2) is 0 Å². The Morgan fingerprint density at radius 3 is 3.00 bits per heavy atom. The molecule has 2 N–H and O–H groups in total. The van der Waals surface area contributed by atoms with E-state index in [2.05, 4.69) is 14.7 Å². The molecule has 0 aromatic carbocycles. The van der Waals surface area contributed by atoms with E-state index in [1.807, 2.05) is 6.92 Å². The molecule has 2 aromatic heterocycles. The third kappa shape index (κ3) is 2.54. The van der Waals surface area contributed by atoms with Crippen LogP contribution in [0.3, 0.4) is 0 Å². The molecule has 0 aliphatic carbocycles. The summed E-state index contributed by atoms with van der Waals surface area (Å²) >= 11 is 7.43. The van der Waals surface area contributed by atoms with Crippen LogP contribution in [0.2, 0.25) is 5.02 Å². The lowest BCUT2D eigenvalue weighted by atomic mass is 10.1. The van der Waals surface area contributed by atoms with Crippen LogP contribution in [0.15, 0.2) is 6.20 Å². The van der Waals surface area contributed by atoms with Crippen molar-refractivity contribution < 1.29 is 4.74 Å². The number of aromatic nitrogens is 4. The van der Waals surface area contributed by atoms with Crippen LogP contribution in [0, 0.1) is 6.92 Å². The van der Waals surface area contributed by atoms with Crippen LogP contribution in [-0.4, -0.2) is 33.1 Å². The summed E-state index contributed by atoms with van der Waals surface area (Å²) in [6, 6.07) is -0.364. The van der Waals surface area contributed by atoms with Gasteiger partial charge in [-0.2, -0.15) is 5.10 Å². The molecule has 2 rings (SSSR count). The van der Waals surface area contributed by atoms with E-state index in [4.69, 9.17) is 22.1 Å². The maximum absolute atomic E-state index is 6.22. The van der Waals surface area contributed by atoms with Crippen LogP contribution < -0.4 is 5.73 Å². The van der Waals surface area contributed by atoms with Crippen LogP contribution in [-0.2, 0) is 11.3 Å². The first kappa shape index (κ1) is 13.4. The first-order valence-corrected chi connectivity index (χ1v) is 6.54. The zero-order valence-corrected chi connectivity index (χ0v) is 11.7. The summed E-state index contributed by atoms with van der Waals surface area (Å²) < 4.78 is 10.7. The largest absolute Gasteiger partial charge is 0.383 e. The van der Waals surface area contributed by atoms with Crippen LogP contribution in [0.4, 0.5) is 0 Å². The van der Waals surface area contributed by atoms with E-state index < -0.39 is 0 Å². The molecule has 1 unspecified atom stereocenters. The molecule has 2 heterocycles. The van der Waals surface area contributed by atoms with E-state index in [1.165, 1.54) is 11.5 Å². The Morgan fingerprint density at radius 1 is 1.61 bits per heavy atom. The Kier molecular flexibility index (Phi) is 4.28. The van der Waals surface area contributed by atoms with Gasteiger partial charge >= 0.3 is 0 Å². The number of methoxy groups -OCH3 is 1. The highest BCUT2D eigenvalue weighted by Crippen LogP contribution is 2.29. The molecule has 0 amide bonds. The fraction of sp³-hybridized carbons (Fsp3) is 0.500. The fourth-order valence-electron chi connectivity index (χ4n) is 1.68. The summed E-state index contributed by atoms with van der Waals surface area (Å²) in [5.41, 5.74) is 7.81. The van der Waals surface area contributed by atoms with Crippen molar-refractivity contribution in [3.8, 4) is 0 Å². The normalized spacial score (nSPS) is 12.9. The number of nitrogens with two attached hydrogens (primary N) is 1. The molecular formula is C10H14ClN5OS. The van der Waals surface area contributed by atoms with E-state index in [9.17, 15) is 0 Å². The quantitative estimate of drug-likeness (QED) is 0.899. The molecule has 6 nitrogen and oxygen atoms in total. The van der Waals surface area contributed by atoms with Crippen LogP contribution in [0.5, 0.6) is 0 Å². The molecule has 2 aromatic rings. The minimum atomic E-state index is -0.364. The smallest absolute Gasteiger partial charge is 0.0867 e. The third-order valence-electron chi connectivity index (χ3n) is 2.60. The van der Waals surface area contributed by atoms with E-state index in [1.54, 1.807) is 18.0 Å². The van der Waals surface area contributed by atoms with E-state index in [-0.39, 0.29) is 6.04 Å². The van der Waals surface area contributed by atoms with Gasteiger partial charge in [-0.05, 0) is 18.5 Å². The zero-order chi connectivity index (χ0) is 13.1. The van der Waals surface area contributed by atoms with Crippen molar-refractivity contribution in [3.63, 3.8) is 0 Å². The number of hydrogen-bond acceptors (Lipinski definition) is 6. The Balaban J connectivity index is 2.32. The highest BCUT2D eigenvalue weighted by molar-refractivity contribution is 7.05. The molecule has 0 aliphatic rings. The minimum absolute atomic E-state index is 0.364. The van der Waals surface area contributed by atoms with Crippen molar-refractivity contribution in [2.75, 3.05) is 13.7 Å². The monoisotopic (exact) mass is 287 g/mol. The second-order valence-corrected chi connectivity index (χ2v) is 4.99. The lowest BCUT2D eigenvalue weighted by Gasteiger charge is -2.13. The highest BCUT2D eigenvalue weighted by atomic mass is 35.5. The van der Waals surface area contributed by atoms with Gasteiger partial charge in [-0.25, -0.2) is 0 Å². The number of nitrogens with zero attached hydrogens (tertiary/aromatic N) is 4. The lowest BCUT2D eigenvalue weighted by Crippen LogP contribution is -2.19. The van der Waals surface area contributed by atoms with Gasteiger partial charge in [0.05, 0.1) is 46.7 Å². The Hall–Kier alpha value is -1.02. The molecule has 8 heteroatoms. The molecule has 0 aliphatic heterocycles. The standard InChI is InChI=1S/C10H14ClN5OS/c1-6-10(18-15-14-6)8(12)9-7(11)5-13-16(9)3-4-17-2/h5,8H,3-4,12H2,1-2H3. The van der Waals surface area contributed by atoms with Crippen molar-refractivity contribution in [1.29, 1.82) is 0 Å². The lowest BCUT2D eigenvalue weighted by molar-refractivity contribution is 0.182. The van der Waals surface area contributed by atoms with Crippen LogP contribution in [0.25, 0.3) is 0 Å². The van der Waals surface area contributed by atoms with Gasteiger partial charge in [0.1, 0.15) is 0 Å². The molecule has 0 saturated heterocycles. The van der Waals surface area contributed by atoms with Crippen LogP contribution in [0.1, 0.15) is 22.3 Å². The average molecular weight is 288 g/mol. The van der Waals surface area contributed by atoms with Crippen molar-refractivity contribution in [2.24, 2.45) is 5.73 Å². The Labute approximate surface area is 114 Å². The van der Waals surface area contributed by atoms with Crippen molar-refractivity contribution in [3.05, 3.63) is 27.5 Å². The summed E-state index contributed by atoms with van der Waals surface area (Å²) in [4.78, 5) is 0.899. The highest BCUT2D eigenvalue weighted by Gasteiger charge is 2.22. The summed E-state index contributed by atoms with van der Waals surface area (Å²) in [5, 5.41) is 8.71. The Morgan fingerprint density at radius 2 is 2.39 bits per heavy atom. The molecule has 0 saturated carbocycles. The molecule has 0 fully saturated rings. The number of rotatable bonds is 5. The molecule has 98 valence electrons.